The molecule has 0 aromatic carbocycles. The zero-order valence-electron chi connectivity index (χ0n) is 24.1. The summed E-state index contributed by atoms with van der Waals surface area (Å²) in [7, 11) is -5.56. The Bertz CT molecular complexity index is 649. The van der Waals surface area contributed by atoms with Gasteiger partial charge in [-0.2, -0.15) is 8.42 Å². The van der Waals surface area contributed by atoms with E-state index in [9.17, 15) is 8.42 Å². The molecular formula is C23H50O4SSi. The van der Waals surface area contributed by atoms with Gasteiger partial charge in [0.15, 0.2) is 8.32 Å². The third-order valence-electron chi connectivity index (χ3n) is 5.59. The molecule has 0 aromatic rings. The molecule has 0 aromatic heterocycles. The number of hydrogen-bond donors (Lipinski definition) is 0. The maximum Gasteiger partial charge on any atom is 0.264 e. The maximum atomic E-state index is 11.6. The van der Waals surface area contributed by atoms with Gasteiger partial charge in [0.1, 0.15) is 0 Å². The highest BCUT2D eigenvalue weighted by Crippen LogP contribution is 2.36. The molecule has 0 radical (unpaired) electrons. The average Bonchev–Trinajstić information content (AvgIpc) is 2.63. The van der Waals surface area contributed by atoms with Crippen LogP contribution in [0.4, 0.5) is 0 Å². The Hall–Kier alpha value is 0.0869. The first-order valence-electron chi connectivity index (χ1n) is 13.4. The van der Waals surface area contributed by atoms with Gasteiger partial charge in [-0.05, 0) is 37.3 Å². The van der Waals surface area contributed by atoms with Gasteiger partial charge in [-0.25, -0.2) is 0 Å². The molecule has 0 saturated carbocycles. The van der Waals surface area contributed by atoms with E-state index < -0.39 is 37.3 Å². The van der Waals surface area contributed by atoms with E-state index in [0.29, 0.717) is 12.8 Å². The largest absolute Gasteiger partial charge is 0.417 e. The Morgan fingerprint density at radius 2 is 1.48 bits per heavy atom. The highest BCUT2D eigenvalue weighted by atomic mass is 32.2. The molecular weight excluding hydrogens is 400 g/mol. The summed E-state index contributed by atoms with van der Waals surface area (Å²) in [5.74, 6) is 0. The lowest BCUT2D eigenvalue weighted by atomic mass is 10.0. The van der Waals surface area contributed by atoms with Crippen molar-refractivity contribution < 1.29 is 22.5 Å². The fourth-order valence-corrected chi connectivity index (χ4v) is 4.34. The van der Waals surface area contributed by atoms with Gasteiger partial charge >= 0.3 is 0 Å². The Balaban J connectivity index is 4.47. The summed E-state index contributed by atoms with van der Waals surface area (Å²) < 4.78 is 67.9. The van der Waals surface area contributed by atoms with Crippen LogP contribution in [0.1, 0.15) is 117 Å². The van der Waals surface area contributed by atoms with Crippen LogP contribution in [0.5, 0.6) is 0 Å². The van der Waals surface area contributed by atoms with E-state index in [1.165, 1.54) is 0 Å². The van der Waals surface area contributed by atoms with Gasteiger partial charge in [0.05, 0.1) is 12.4 Å². The maximum absolute atomic E-state index is 11.6. The third-order valence-corrected chi connectivity index (χ3v) is 10.7. The Kier molecular flexibility index (Phi) is 11.5. The SMILES string of the molecule is [2H]C([2H])(CCCCCCCCO[Si](C)(C)C(C)(C)C)C([2H])([2H])[C@@H](CCCCC)OS(C)(=O)=O. The van der Waals surface area contributed by atoms with E-state index >= 15 is 0 Å². The minimum Gasteiger partial charge on any atom is -0.417 e. The molecule has 0 spiro atoms. The van der Waals surface area contributed by atoms with Gasteiger partial charge in [-0.15, -0.1) is 0 Å². The molecule has 0 fully saturated rings. The molecule has 0 amide bonds. The van der Waals surface area contributed by atoms with Crippen molar-refractivity contribution in [3.05, 3.63) is 0 Å². The van der Waals surface area contributed by atoms with E-state index in [1.807, 2.05) is 6.92 Å². The number of unbranched alkanes of at least 4 members (excludes halogenated alkanes) is 7. The Morgan fingerprint density at radius 1 is 0.931 bits per heavy atom. The molecule has 29 heavy (non-hydrogen) atoms. The van der Waals surface area contributed by atoms with Crippen LogP contribution in [0.2, 0.25) is 18.1 Å². The van der Waals surface area contributed by atoms with Crippen molar-refractivity contribution in [2.45, 2.75) is 135 Å². The predicted molar refractivity (Wildman–Crippen MR) is 129 cm³/mol. The van der Waals surface area contributed by atoms with Crippen molar-refractivity contribution in [1.29, 1.82) is 0 Å². The van der Waals surface area contributed by atoms with Gasteiger partial charge in [0.25, 0.3) is 10.1 Å². The van der Waals surface area contributed by atoms with Crippen LogP contribution < -0.4 is 0 Å². The fourth-order valence-electron chi connectivity index (χ4n) is 2.69. The van der Waals surface area contributed by atoms with Crippen LogP contribution in [-0.2, 0) is 18.7 Å². The van der Waals surface area contributed by atoms with Crippen LogP contribution in [0.25, 0.3) is 0 Å². The monoisotopic (exact) mass is 454 g/mol. The molecule has 0 unspecified atom stereocenters. The second kappa shape index (κ2) is 15.0. The molecule has 0 heterocycles. The van der Waals surface area contributed by atoms with Crippen molar-refractivity contribution in [3.63, 3.8) is 0 Å². The molecule has 4 nitrogen and oxygen atoms in total. The van der Waals surface area contributed by atoms with Crippen molar-refractivity contribution in [2.24, 2.45) is 0 Å². The lowest BCUT2D eigenvalue weighted by Crippen LogP contribution is -2.40. The number of hydrogen-bond acceptors (Lipinski definition) is 4. The minimum atomic E-state index is -3.88. The molecule has 6 heteroatoms. The van der Waals surface area contributed by atoms with E-state index in [1.54, 1.807) is 0 Å². The van der Waals surface area contributed by atoms with E-state index in [-0.39, 0.29) is 17.9 Å². The summed E-state index contributed by atoms with van der Waals surface area (Å²) in [6.45, 7) is 14.0. The first-order chi connectivity index (χ1) is 14.9. The standard InChI is InChI=1S/C23H50O4SSi/c1-8-9-16-19-22(27-28(5,24)25)20-17-14-12-10-11-13-15-18-21-26-29(6,7)23(2,3)4/h22H,8-21H2,1-7H3/t22-/m1/s1/i17D2,20D2. The van der Waals surface area contributed by atoms with E-state index in [4.69, 9.17) is 14.1 Å². The zero-order chi connectivity index (χ0) is 26.0. The molecule has 1 atom stereocenters. The van der Waals surface area contributed by atoms with Gasteiger partial charge in [0.2, 0.25) is 0 Å². The van der Waals surface area contributed by atoms with Crippen LogP contribution in [0.15, 0.2) is 0 Å². The number of rotatable bonds is 18. The normalized spacial score (nSPS) is 17.3. The summed E-state index contributed by atoms with van der Waals surface area (Å²) in [5.41, 5.74) is 0. The van der Waals surface area contributed by atoms with Crippen LogP contribution in [-0.4, -0.2) is 35.7 Å². The second-order valence-corrected chi connectivity index (χ2v) is 16.0. The van der Waals surface area contributed by atoms with Crippen molar-refractivity contribution >= 4 is 18.4 Å². The van der Waals surface area contributed by atoms with Crippen LogP contribution in [0.3, 0.4) is 0 Å². The zero-order valence-corrected chi connectivity index (χ0v) is 21.9. The lowest BCUT2D eigenvalue weighted by molar-refractivity contribution is 0.182. The van der Waals surface area contributed by atoms with Crippen molar-refractivity contribution in [2.75, 3.05) is 12.9 Å². The van der Waals surface area contributed by atoms with Gasteiger partial charge in [-0.3, -0.25) is 4.18 Å². The topological polar surface area (TPSA) is 52.6 Å². The quantitative estimate of drug-likeness (QED) is 0.123. The minimum absolute atomic E-state index is 0.0475. The molecule has 0 aliphatic rings. The second-order valence-electron chi connectivity index (χ2n) is 9.59. The van der Waals surface area contributed by atoms with Crippen molar-refractivity contribution in [3.8, 4) is 0 Å². The molecule has 176 valence electrons. The molecule has 0 aliphatic carbocycles. The third kappa shape index (κ3) is 16.5. The average molecular weight is 455 g/mol. The smallest absolute Gasteiger partial charge is 0.264 e. The predicted octanol–water partition coefficient (Wildman–Crippen LogP) is 7.44. The summed E-state index contributed by atoms with van der Waals surface area (Å²) in [5, 5.41) is 0.221. The summed E-state index contributed by atoms with van der Waals surface area (Å²) in [6, 6.07) is 0. The molecule has 0 bridgehead atoms. The van der Waals surface area contributed by atoms with Gasteiger partial charge in [0, 0.05) is 12.1 Å². The Morgan fingerprint density at radius 3 is 2.00 bits per heavy atom. The van der Waals surface area contributed by atoms with E-state index in [0.717, 1.165) is 57.8 Å². The van der Waals surface area contributed by atoms with Gasteiger partial charge in [-0.1, -0.05) is 91.9 Å². The Labute approximate surface area is 189 Å². The first kappa shape index (κ1) is 22.3. The van der Waals surface area contributed by atoms with E-state index in [2.05, 4.69) is 33.9 Å². The molecule has 0 aliphatic heterocycles. The van der Waals surface area contributed by atoms with Crippen LogP contribution in [0, 0.1) is 0 Å². The fraction of sp³-hybridized carbons (Fsp3) is 1.00. The van der Waals surface area contributed by atoms with Gasteiger partial charge < -0.3 is 4.43 Å². The highest BCUT2D eigenvalue weighted by Gasteiger charge is 2.36. The molecule has 0 saturated heterocycles. The lowest BCUT2D eigenvalue weighted by Gasteiger charge is -2.36. The molecule has 0 N–H and O–H groups in total. The highest BCUT2D eigenvalue weighted by molar-refractivity contribution is 7.86. The summed E-state index contributed by atoms with van der Waals surface area (Å²) in [4.78, 5) is 0. The van der Waals surface area contributed by atoms with Crippen LogP contribution >= 0.6 is 0 Å². The molecule has 0 rings (SSSR count). The van der Waals surface area contributed by atoms with Crippen molar-refractivity contribution in [1.82, 2.24) is 0 Å². The summed E-state index contributed by atoms with van der Waals surface area (Å²) >= 11 is 0. The first-order valence-corrected chi connectivity index (χ1v) is 16.1. The summed E-state index contributed by atoms with van der Waals surface area (Å²) in [6.07, 6.45) is 3.11.